The van der Waals surface area contributed by atoms with Gasteiger partial charge in [0.15, 0.2) is 5.84 Å². The van der Waals surface area contributed by atoms with Crippen LogP contribution in [0.5, 0.6) is 0 Å². The molecular weight excluding hydrogens is 218 g/mol. The molecule has 0 aliphatic carbocycles. The van der Waals surface area contributed by atoms with Crippen LogP contribution in [0.3, 0.4) is 0 Å². The Labute approximate surface area is 91.7 Å². The largest absolute Gasteiger partial charge is 0.409 e. The van der Waals surface area contributed by atoms with Gasteiger partial charge in [0, 0.05) is 13.1 Å². The quantitative estimate of drug-likeness (QED) is 0.276. The Hall–Kier alpha value is -1.27. The summed E-state index contributed by atoms with van der Waals surface area (Å²) < 4.78 is 1.80. The molecule has 0 amide bonds. The minimum absolute atomic E-state index is 0.0550. The standard InChI is InChI=1S/C8H12ClN5O/c9-6-5-4-11-2-1-3-14(5)12-7(6)8(10)13-15/h11,15H,1-4H2,(H2,10,13). The van der Waals surface area contributed by atoms with E-state index in [0.717, 1.165) is 25.2 Å². The lowest BCUT2D eigenvalue weighted by atomic mass is 10.3. The maximum atomic E-state index is 8.57. The molecule has 1 aromatic heterocycles. The summed E-state index contributed by atoms with van der Waals surface area (Å²) in [6.07, 6.45) is 0.987. The van der Waals surface area contributed by atoms with Gasteiger partial charge in [-0.05, 0) is 13.0 Å². The molecule has 0 fully saturated rings. The first-order chi connectivity index (χ1) is 7.24. The van der Waals surface area contributed by atoms with Crippen molar-refractivity contribution in [3.63, 3.8) is 0 Å². The van der Waals surface area contributed by atoms with Gasteiger partial charge in [-0.1, -0.05) is 16.8 Å². The number of fused-ring (bicyclic) bond motifs is 1. The van der Waals surface area contributed by atoms with Crippen LogP contribution in [-0.2, 0) is 13.1 Å². The smallest absolute Gasteiger partial charge is 0.192 e. The Morgan fingerprint density at radius 2 is 2.47 bits per heavy atom. The first kappa shape index (κ1) is 10.3. The van der Waals surface area contributed by atoms with Gasteiger partial charge in [-0.3, -0.25) is 4.68 Å². The third kappa shape index (κ3) is 1.78. The second-order valence-corrected chi connectivity index (χ2v) is 3.73. The number of hydrogen-bond acceptors (Lipinski definition) is 4. The van der Waals surface area contributed by atoms with E-state index in [1.54, 1.807) is 4.68 Å². The Balaban J connectivity index is 2.44. The monoisotopic (exact) mass is 229 g/mol. The van der Waals surface area contributed by atoms with Crippen molar-refractivity contribution in [2.75, 3.05) is 6.54 Å². The zero-order valence-corrected chi connectivity index (χ0v) is 8.83. The lowest BCUT2D eigenvalue weighted by Crippen LogP contribution is -2.15. The van der Waals surface area contributed by atoms with Crippen LogP contribution in [0.15, 0.2) is 5.16 Å². The van der Waals surface area contributed by atoms with Crippen molar-refractivity contribution in [1.29, 1.82) is 0 Å². The van der Waals surface area contributed by atoms with Crippen molar-refractivity contribution in [2.45, 2.75) is 19.5 Å². The summed E-state index contributed by atoms with van der Waals surface area (Å²) in [7, 11) is 0. The van der Waals surface area contributed by atoms with Crippen molar-refractivity contribution in [3.05, 3.63) is 16.4 Å². The number of nitrogens with one attached hydrogen (secondary N) is 1. The SMILES string of the molecule is N/C(=N\O)c1nn2c(c1Cl)CNCCC2. The molecule has 2 rings (SSSR count). The van der Waals surface area contributed by atoms with E-state index in [-0.39, 0.29) is 5.84 Å². The fourth-order valence-corrected chi connectivity index (χ4v) is 1.90. The van der Waals surface area contributed by atoms with E-state index in [1.165, 1.54) is 0 Å². The molecule has 0 unspecified atom stereocenters. The van der Waals surface area contributed by atoms with Gasteiger partial charge in [0.2, 0.25) is 0 Å². The van der Waals surface area contributed by atoms with E-state index in [4.69, 9.17) is 22.5 Å². The highest BCUT2D eigenvalue weighted by molar-refractivity contribution is 6.34. The van der Waals surface area contributed by atoms with Crippen LogP contribution in [0.4, 0.5) is 0 Å². The number of hydrogen-bond donors (Lipinski definition) is 3. The lowest BCUT2D eigenvalue weighted by Gasteiger charge is -1.99. The zero-order chi connectivity index (χ0) is 10.8. The maximum absolute atomic E-state index is 8.57. The van der Waals surface area contributed by atoms with Gasteiger partial charge in [0.25, 0.3) is 0 Å². The van der Waals surface area contributed by atoms with Gasteiger partial charge in [-0.25, -0.2) is 0 Å². The highest BCUT2D eigenvalue weighted by atomic mass is 35.5. The predicted molar refractivity (Wildman–Crippen MR) is 56.1 cm³/mol. The summed E-state index contributed by atoms with van der Waals surface area (Å²) in [6, 6.07) is 0. The Morgan fingerprint density at radius 1 is 1.67 bits per heavy atom. The van der Waals surface area contributed by atoms with E-state index < -0.39 is 0 Å². The number of oxime groups is 1. The topological polar surface area (TPSA) is 88.5 Å². The van der Waals surface area contributed by atoms with Crippen molar-refractivity contribution in [1.82, 2.24) is 15.1 Å². The van der Waals surface area contributed by atoms with E-state index in [1.807, 2.05) is 0 Å². The number of halogens is 1. The van der Waals surface area contributed by atoms with Crippen LogP contribution in [0.25, 0.3) is 0 Å². The summed E-state index contributed by atoms with van der Waals surface area (Å²) in [6.45, 7) is 2.39. The predicted octanol–water partition coefficient (Wildman–Crippen LogP) is 0.124. The van der Waals surface area contributed by atoms with Gasteiger partial charge in [-0.15, -0.1) is 0 Å². The number of nitrogens with zero attached hydrogens (tertiary/aromatic N) is 3. The van der Waals surface area contributed by atoms with Crippen LogP contribution in [-0.4, -0.2) is 27.4 Å². The van der Waals surface area contributed by atoms with E-state index in [0.29, 0.717) is 17.3 Å². The van der Waals surface area contributed by atoms with E-state index in [2.05, 4.69) is 15.6 Å². The molecule has 4 N–H and O–H groups in total. The average molecular weight is 230 g/mol. The molecule has 0 bridgehead atoms. The molecule has 0 aromatic carbocycles. The minimum atomic E-state index is -0.0550. The van der Waals surface area contributed by atoms with Crippen LogP contribution in [0.2, 0.25) is 5.02 Å². The summed E-state index contributed by atoms with van der Waals surface area (Å²) in [5.41, 5.74) is 6.70. The van der Waals surface area contributed by atoms with Crippen molar-refractivity contribution in [2.24, 2.45) is 10.9 Å². The highest BCUT2D eigenvalue weighted by Crippen LogP contribution is 2.22. The summed E-state index contributed by atoms with van der Waals surface area (Å²) in [4.78, 5) is 0. The molecule has 15 heavy (non-hydrogen) atoms. The number of nitrogens with two attached hydrogens (primary N) is 1. The van der Waals surface area contributed by atoms with Crippen molar-refractivity contribution in [3.8, 4) is 0 Å². The van der Waals surface area contributed by atoms with Gasteiger partial charge < -0.3 is 16.3 Å². The minimum Gasteiger partial charge on any atom is -0.409 e. The zero-order valence-electron chi connectivity index (χ0n) is 8.07. The number of amidine groups is 1. The summed E-state index contributed by atoms with van der Waals surface area (Å²) >= 11 is 6.09. The molecule has 1 aliphatic heterocycles. The average Bonchev–Trinajstić information content (AvgIpc) is 2.44. The molecule has 6 nitrogen and oxygen atoms in total. The normalized spacial score (nSPS) is 17.3. The van der Waals surface area contributed by atoms with Crippen LogP contribution in [0, 0.1) is 0 Å². The Bertz CT molecular complexity index is 400. The van der Waals surface area contributed by atoms with Crippen molar-refractivity contribution >= 4 is 17.4 Å². The molecule has 0 saturated heterocycles. The second-order valence-electron chi connectivity index (χ2n) is 3.35. The molecule has 0 radical (unpaired) electrons. The van der Waals surface area contributed by atoms with Crippen LogP contribution >= 0.6 is 11.6 Å². The van der Waals surface area contributed by atoms with E-state index in [9.17, 15) is 0 Å². The second kappa shape index (κ2) is 4.08. The lowest BCUT2D eigenvalue weighted by molar-refractivity contribution is 0.318. The van der Waals surface area contributed by atoms with E-state index >= 15 is 0 Å². The van der Waals surface area contributed by atoms with Crippen LogP contribution < -0.4 is 11.1 Å². The fourth-order valence-electron chi connectivity index (χ4n) is 1.60. The number of aromatic nitrogens is 2. The van der Waals surface area contributed by atoms with Gasteiger partial charge in [-0.2, -0.15) is 5.10 Å². The number of rotatable bonds is 1. The fraction of sp³-hybridized carbons (Fsp3) is 0.500. The summed E-state index contributed by atoms with van der Waals surface area (Å²) in [5, 5.41) is 19.4. The van der Waals surface area contributed by atoms with Gasteiger partial charge in [0.1, 0.15) is 5.69 Å². The molecule has 0 atom stereocenters. The Kier molecular flexibility index (Phi) is 2.79. The number of aryl methyl sites for hydroxylation is 1. The molecule has 82 valence electrons. The third-order valence-corrected chi connectivity index (χ3v) is 2.76. The molecule has 7 heteroatoms. The molecular formula is C8H12ClN5O. The summed E-state index contributed by atoms with van der Waals surface area (Å²) in [5.74, 6) is -0.0550. The maximum Gasteiger partial charge on any atom is 0.192 e. The Morgan fingerprint density at radius 3 is 3.20 bits per heavy atom. The van der Waals surface area contributed by atoms with Crippen molar-refractivity contribution < 1.29 is 5.21 Å². The molecule has 0 spiro atoms. The van der Waals surface area contributed by atoms with Crippen LogP contribution in [0.1, 0.15) is 17.8 Å². The van der Waals surface area contributed by atoms with Gasteiger partial charge in [0.05, 0.1) is 10.7 Å². The highest BCUT2D eigenvalue weighted by Gasteiger charge is 2.19. The molecule has 1 aliphatic rings. The first-order valence-electron chi connectivity index (χ1n) is 4.68. The molecule has 0 saturated carbocycles. The molecule has 1 aromatic rings. The molecule has 2 heterocycles. The third-order valence-electron chi connectivity index (χ3n) is 2.36. The van der Waals surface area contributed by atoms with Gasteiger partial charge >= 0.3 is 0 Å². The first-order valence-corrected chi connectivity index (χ1v) is 5.05.